The van der Waals surface area contributed by atoms with E-state index in [9.17, 15) is 14.9 Å². The molecule has 0 fully saturated rings. The fraction of sp³-hybridized carbons (Fsp3) is 0.133. The average molecular weight is 301 g/mol. The van der Waals surface area contributed by atoms with Crippen LogP contribution in [0.15, 0.2) is 48.5 Å². The van der Waals surface area contributed by atoms with E-state index in [2.05, 4.69) is 10.6 Å². The van der Waals surface area contributed by atoms with E-state index in [1.807, 2.05) is 6.07 Å². The van der Waals surface area contributed by atoms with Gasteiger partial charge >= 0.3 is 0 Å². The number of anilines is 2. The van der Waals surface area contributed by atoms with Crippen LogP contribution in [-0.2, 0) is 11.3 Å². The lowest BCUT2D eigenvalue weighted by Crippen LogP contribution is -2.15. The van der Waals surface area contributed by atoms with Crippen LogP contribution in [0.1, 0.15) is 5.56 Å². The van der Waals surface area contributed by atoms with Crippen LogP contribution in [0, 0.1) is 10.1 Å². The number of hydrogen-bond donors (Lipinski definition) is 3. The Morgan fingerprint density at radius 2 is 1.82 bits per heavy atom. The smallest absolute Gasteiger partial charge is 0.269 e. The zero-order valence-corrected chi connectivity index (χ0v) is 11.7. The molecule has 7 heteroatoms. The first-order valence-corrected chi connectivity index (χ1v) is 6.56. The van der Waals surface area contributed by atoms with Crippen LogP contribution in [0.4, 0.5) is 17.1 Å². The van der Waals surface area contributed by atoms with Gasteiger partial charge in [-0.1, -0.05) is 18.2 Å². The maximum absolute atomic E-state index is 11.1. The van der Waals surface area contributed by atoms with Gasteiger partial charge in [0.2, 0.25) is 5.91 Å². The number of nitrogens with one attached hydrogen (secondary N) is 2. The number of hydrogen-bond acceptors (Lipinski definition) is 5. The van der Waals surface area contributed by atoms with Crippen LogP contribution in [0.25, 0.3) is 0 Å². The average Bonchev–Trinajstić information content (AvgIpc) is 2.53. The highest BCUT2D eigenvalue weighted by molar-refractivity contribution is 5.91. The zero-order chi connectivity index (χ0) is 15.9. The van der Waals surface area contributed by atoms with E-state index in [-0.39, 0.29) is 5.69 Å². The second-order valence-electron chi connectivity index (χ2n) is 4.56. The molecular formula is C15H15N3O4. The Balaban J connectivity index is 1.97. The van der Waals surface area contributed by atoms with Gasteiger partial charge in [0.15, 0.2) is 0 Å². The van der Waals surface area contributed by atoms with Gasteiger partial charge in [0.25, 0.3) is 5.69 Å². The van der Waals surface area contributed by atoms with Crippen LogP contribution >= 0.6 is 0 Å². The highest BCUT2D eigenvalue weighted by atomic mass is 16.6. The summed E-state index contributed by atoms with van der Waals surface area (Å²) in [6, 6.07) is 13.3. The van der Waals surface area contributed by atoms with Crippen LogP contribution in [0.3, 0.4) is 0 Å². The van der Waals surface area contributed by atoms with Gasteiger partial charge in [0, 0.05) is 30.1 Å². The van der Waals surface area contributed by atoms with Crippen molar-refractivity contribution in [3.63, 3.8) is 0 Å². The lowest BCUT2D eigenvalue weighted by atomic mass is 10.2. The molecule has 7 nitrogen and oxygen atoms in total. The Labute approximate surface area is 126 Å². The molecule has 1 amide bonds. The number of nitro benzene ring substituents is 1. The number of carbonyl (C=O) groups excluding carboxylic acids is 1. The minimum Gasteiger partial charge on any atom is -0.387 e. The van der Waals surface area contributed by atoms with Gasteiger partial charge < -0.3 is 15.7 Å². The number of benzene rings is 2. The Hall–Kier alpha value is -2.93. The number of aliphatic hydroxyl groups excluding tert-OH is 1. The monoisotopic (exact) mass is 301 g/mol. The Morgan fingerprint density at radius 1 is 1.14 bits per heavy atom. The van der Waals surface area contributed by atoms with E-state index >= 15 is 0 Å². The van der Waals surface area contributed by atoms with E-state index in [0.29, 0.717) is 12.2 Å². The number of non-ortho nitro benzene ring substituents is 1. The number of amides is 1. The summed E-state index contributed by atoms with van der Waals surface area (Å²) in [5.74, 6) is -0.479. The quantitative estimate of drug-likeness (QED) is 0.560. The first-order valence-electron chi connectivity index (χ1n) is 6.56. The van der Waals surface area contributed by atoms with Crippen molar-refractivity contribution in [3.8, 4) is 0 Å². The number of carbonyl (C=O) groups is 1. The topological polar surface area (TPSA) is 104 Å². The molecule has 0 aromatic heterocycles. The van der Waals surface area contributed by atoms with Crippen molar-refractivity contribution < 1.29 is 14.8 Å². The molecule has 0 atom stereocenters. The number of nitrogens with zero attached hydrogens (tertiary/aromatic N) is 1. The first-order chi connectivity index (χ1) is 10.6. The molecule has 2 aromatic carbocycles. The van der Waals surface area contributed by atoms with Crippen molar-refractivity contribution in [2.45, 2.75) is 6.54 Å². The summed E-state index contributed by atoms with van der Waals surface area (Å²) in [7, 11) is 0. The fourth-order valence-corrected chi connectivity index (χ4v) is 1.85. The summed E-state index contributed by atoms with van der Waals surface area (Å²) >= 11 is 0. The Morgan fingerprint density at radius 3 is 2.45 bits per heavy atom. The molecular weight excluding hydrogens is 286 g/mol. The third kappa shape index (κ3) is 4.29. The van der Waals surface area contributed by atoms with Crippen LogP contribution in [0.2, 0.25) is 0 Å². The molecule has 0 aliphatic heterocycles. The molecule has 22 heavy (non-hydrogen) atoms. The Kier molecular flexibility index (Phi) is 5.05. The third-order valence-electron chi connectivity index (χ3n) is 2.93. The number of aliphatic hydroxyl groups is 1. The summed E-state index contributed by atoms with van der Waals surface area (Å²) in [5.41, 5.74) is 2.31. The first kappa shape index (κ1) is 15.5. The van der Waals surface area contributed by atoms with Gasteiger partial charge in [-0.05, 0) is 23.8 Å². The van der Waals surface area contributed by atoms with Crippen LogP contribution in [0.5, 0.6) is 0 Å². The van der Waals surface area contributed by atoms with Crippen LogP contribution < -0.4 is 10.6 Å². The largest absolute Gasteiger partial charge is 0.387 e. The van der Waals surface area contributed by atoms with Gasteiger partial charge in [-0.15, -0.1) is 0 Å². The summed E-state index contributed by atoms with van der Waals surface area (Å²) in [6.07, 6.45) is 0. The maximum atomic E-state index is 11.1. The van der Waals surface area contributed by atoms with Crippen molar-refractivity contribution in [3.05, 3.63) is 64.2 Å². The lowest BCUT2D eigenvalue weighted by Gasteiger charge is -2.09. The third-order valence-corrected chi connectivity index (χ3v) is 2.93. The molecule has 2 rings (SSSR count). The predicted octanol–water partition coefficient (Wildman–Crippen LogP) is 2.14. The number of nitro groups is 1. The highest BCUT2D eigenvalue weighted by Crippen LogP contribution is 2.17. The molecule has 0 saturated carbocycles. The fourth-order valence-electron chi connectivity index (χ4n) is 1.85. The van der Waals surface area contributed by atoms with Gasteiger partial charge in [-0.3, -0.25) is 14.9 Å². The van der Waals surface area contributed by atoms with E-state index in [1.54, 1.807) is 30.3 Å². The van der Waals surface area contributed by atoms with Gasteiger partial charge in [0.1, 0.15) is 6.61 Å². The van der Waals surface area contributed by atoms with Crippen molar-refractivity contribution in [2.24, 2.45) is 0 Å². The summed E-state index contributed by atoms with van der Waals surface area (Å²) in [6.45, 7) is -0.0736. The Bertz CT molecular complexity index is 671. The van der Waals surface area contributed by atoms with Crippen LogP contribution in [-0.4, -0.2) is 22.5 Å². The van der Waals surface area contributed by atoms with Crippen molar-refractivity contribution >= 4 is 23.0 Å². The highest BCUT2D eigenvalue weighted by Gasteiger charge is 2.04. The van der Waals surface area contributed by atoms with Crippen molar-refractivity contribution in [1.82, 2.24) is 0 Å². The molecule has 0 aliphatic carbocycles. The SMILES string of the molecule is O=C(CO)Nc1cccc(NCc2ccc([N+](=O)[O-])cc2)c1. The summed E-state index contributed by atoms with van der Waals surface area (Å²) in [5, 5.41) is 25.0. The predicted molar refractivity (Wildman–Crippen MR) is 82.6 cm³/mol. The van der Waals surface area contributed by atoms with E-state index in [1.165, 1.54) is 12.1 Å². The van der Waals surface area contributed by atoms with E-state index < -0.39 is 17.4 Å². The van der Waals surface area contributed by atoms with Gasteiger partial charge in [0.05, 0.1) is 4.92 Å². The molecule has 0 aliphatic rings. The minimum atomic E-state index is -0.569. The molecule has 0 unspecified atom stereocenters. The van der Waals surface area contributed by atoms with Gasteiger partial charge in [-0.2, -0.15) is 0 Å². The van der Waals surface area contributed by atoms with E-state index in [0.717, 1.165) is 11.3 Å². The second kappa shape index (κ2) is 7.19. The summed E-state index contributed by atoms with van der Waals surface area (Å²) < 4.78 is 0. The lowest BCUT2D eigenvalue weighted by molar-refractivity contribution is -0.384. The molecule has 0 spiro atoms. The van der Waals surface area contributed by atoms with Gasteiger partial charge in [-0.25, -0.2) is 0 Å². The second-order valence-corrected chi connectivity index (χ2v) is 4.56. The normalized spacial score (nSPS) is 10.0. The van der Waals surface area contributed by atoms with Crippen molar-refractivity contribution in [1.29, 1.82) is 0 Å². The summed E-state index contributed by atoms with van der Waals surface area (Å²) in [4.78, 5) is 21.3. The molecule has 2 aromatic rings. The molecule has 0 radical (unpaired) electrons. The molecule has 114 valence electrons. The minimum absolute atomic E-state index is 0.0532. The molecule has 0 bridgehead atoms. The van der Waals surface area contributed by atoms with E-state index in [4.69, 9.17) is 5.11 Å². The maximum Gasteiger partial charge on any atom is 0.269 e. The molecule has 3 N–H and O–H groups in total. The van der Waals surface area contributed by atoms with Crippen molar-refractivity contribution in [2.75, 3.05) is 17.2 Å². The number of rotatable bonds is 6. The molecule has 0 heterocycles. The molecule has 0 saturated heterocycles. The zero-order valence-electron chi connectivity index (χ0n) is 11.7. The standard InChI is InChI=1S/C15H15N3O4/c19-10-15(20)17-13-3-1-2-12(8-13)16-9-11-4-6-14(7-5-11)18(21)22/h1-8,16,19H,9-10H2,(H,17,20).